The molecule has 1 unspecified atom stereocenters. The number of carboxylic acids is 1. The van der Waals surface area contributed by atoms with Crippen molar-refractivity contribution in [3.8, 4) is 5.75 Å². The monoisotopic (exact) mass is 297 g/mol. The van der Waals surface area contributed by atoms with Crippen LogP contribution in [0.1, 0.15) is 24.8 Å². The maximum Gasteiger partial charge on any atom is 0.303 e. The van der Waals surface area contributed by atoms with E-state index in [4.69, 9.17) is 21.4 Å². The number of carbonyl (C=O) groups excluding carboxylic acids is 1. The largest absolute Gasteiger partial charge is 0.481 e. The third-order valence-electron chi connectivity index (χ3n) is 3.11. The molecule has 0 saturated carbocycles. The van der Waals surface area contributed by atoms with E-state index in [1.54, 1.807) is 18.2 Å². The molecule has 1 atom stereocenters. The molecule has 2 N–H and O–H groups in total. The molecule has 1 amide bonds. The van der Waals surface area contributed by atoms with Gasteiger partial charge in [0.1, 0.15) is 5.75 Å². The fraction of sp³-hybridized carbons (Fsp3) is 0.429. The summed E-state index contributed by atoms with van der Waals surface area (Å²) < 4.78 is 5.55. The Hall–Kier alpha value is -1.75. The second-order valence-electron chi connectivity index (χ2n) is 4.70. The molecule has 0 radical (unpaired) electrons. The van der Waals surface area contributed by atoms with Gasteiger partial charge in [-0.05, 0) is 36.6 Å². The molecule has 2 rings (SSSR count). The number of hydrogen-bond acceptors (Lipinski definition) is 3. The van der Waals surface area contributed by atoms with E-state index in [1.165, 1.54) is 0 Å². The van der Waals surface area contributed by atoms with E-state index in [2.05, 4.69) is 5.32 Å². The smallest absolute Gasteiger partial charge is 0.303 e. The number of ether oxygens (including phenoxy) is 1. The first kappa shape index (κ1) is 14.7. The molecule has 0 aromatic heterocycles. The van der Waals surface area contributed by atoms with Gasteiger partial charge in [-0.3, -0.25) is 9.59 Å². The summed E-state index contributed by atoms with van der Waals surface area (Å²) in [5, 5.41) is 11.9. The summed E-state index contributed by atoms with van der Waals surface area (Å²) in [5.41, 5.74) is 0.934. The molecular weight excluding hydrogens is 282 g/mol. The Bertz CT molecular complexity index is 518. The molecule has 0 aliphatic carbocycles. The molecule has 6 heteroatoms. The number of hydrogen-bond donors (Lipinski definition) is 2. The molecule has 1 aromatic rings. The highest BCUT2D eigenvalue weighted by Crippen LogP contribution is 2.31. The molecule has 0 bridgehead atoms. The summed E-state index contributed by atoms with van der Waals surface area (Å²) in [6, 6.07) is 5.29. The van der Waals surface area contributed by atoms with Crippen molar-refractivity contribution in [3.05, 3.63) is 28.8 Å². The molecule has 0 saturated heterocycles. The molecule has 108 valence electrons. The van der Waals surface area contributed by atoms with E-state index < -0.39 is 12.1 Å². The standard InChI is InChI=1S/C14H16ClNO4/c15-10-4-5-11-9(7-10)8-12(20-11)14(19)16-6-2-1-3-13(17)18/h4-5,7,12H,1-3,6,8H2,(H,16,19)(H,17,18). The number of unbranched alkanes of at least 4 members (excludes halogenated alkanes) is 1. The van der Waals surface area contributed by atoms with Crippen molar-refractivity contribution in [2.45, 2.75) is 31.8 Å². The minimum atomic E-state index is -0.817. The number of benzene rings is 1. The van der Waals surface area contributed by atoms with Crippen LogP contribution >= 0.6 is 11.6 Å². The predicted molar refractivity (Wildman–Crippen MR) is 74.1 cm³/mol. The number of carboxylic acid groups (broad SMARTS) is 1. The molecule has 20 heavy (non-hydrogen) atoms. The normalized spacial score (nSPS) is 16.4. The van der Waals surface area contributed by atoms with Crippen molar-refractivity contribution in [2.75, 3.05) is 6.54 Å². The third kappa shape index (κ3) is 3.87. The molecule has 1 aliphatic rings. The van der Waals surface area contributed by atoms with Gasteiger partial charge in [0.25, 0.3) is 5.91 Å². The van der Waals surface area contributed by atoms with Gasteiger partial charge in [-0.15, -0.1) is 0 Å². The fourth-order valence-corrected chi connectivity index (χ4v) is 2.28. The van der Waals surface area contributed by atoms with E-state index >= 15 is 0 Å². The first-order chi connectivity index (χ1) is 9.56. The molecule has 1 heterocycles. The maximum absolute atomic E-state index is 11.9. The van der Waals surface area contributed by atoms with Crippen molar-refractivity contribution in [3.63, 3.8) is 0 Å². The minimum absolute atomic E-state index is 0.125. The van der Waals surface area contributed by atoms with E-state index in [0.29, 0.717) is 36.6 Å². The average molecular weight is 298 g/mol. The zero-order valence-corrected chi connectivity index (χ0v) is 11.7. The summed E-state index contributed by atoms with van der Waals surface area (Å²) in [5.74, 6) is -0.296. The van der Waals surface area contributed by atoms with Crippen LogP contribution in [0.3, 0.4) is 0 Å². The van der Waals surface area contributed by atoms with Crippen molar-refractivity contribution in [2.24, 2.45) is 0 Å². The Kier molecular flexibility index (Phi) is 4.84. The highest BCUT2D eigenvalue weighted by atomic mass is 35.5. The van der Waals surface area contributed by atoms with Crippen LogP contribution in [0.4, 0.5) is 0 Å². The molecular formula is C14H16ClNO4. The summed E-state index contributed by atoms with van der Waals surface area (Å²) in [6.45, 7) is 0.461. The van der Waals surface area contributed by atoms with Crippen LogP contribution < -0.4 is 10.1 Å². The fourth-order valence-electron chi connectivity index (χ4n) is 2.09. The Morgan fingerprint density at radius 3 is 2.95 bits per heavy atom. The number of carbonyl (C=O) groups is 2. The van der Waals surface area contributed by atoms with Gasteiger partial charge < -0.3 is 15.2 Å². The lowest BCUT2D eigenvalue weighted by molar-refractivity contribution is -0.137. The molecule has 1 aromatic carbocycles. The molecule has 0 spiro atoms. The second-order valence-corrected chi connectivity index (χ2v) is 5.14. The van der Waals surface area contributed by atoms with Gasteiger partial charge in [0.15, 0.2) is 6.10 Å². The van der Waals surface area contributed by atoms with Gasteiger partial charge in [-0.2, -0.15) is 0 Å². The van der Waals surface area contributed by atoms with Gasteiger partial charge in [-0.1, -0.05) is 11.6 Å². The Morgan fingerprint density at radius 1 is 1.40 bits per heavy atom. The van der Waals surface area contributed by atoms with Crippen LogP contribution in [-0.2, 0) is 16.0 Å². The van der Waals surface area contributed by atoms with E-state index in [9.17, 15) is 9.59 Å². The van der Waals surface area contributed by atoms with E-state index in [1.807, 2.05) is 0 Å². The minimum Gasteiger partial charge on any atom is -0.481 e. The first-order valence-corrected chi connectivity index (χ1v) is 6.88. The highest BCUT2D eigenvalue weighted by Gasteiger charge is 2.28. The lowest BCUT2D eigenvalue weighted by Gasteiger charge is -2.10. The lowest BCUT2D eigenvalue weighted by Crippen LogP contribution is -2.37. The van der Waals surface area contributed by atoms with Crippen LogP contribution in [0.2, 0.25) is 5.02 Å². The topological polar surface area (TPSA) is 75.6 Å². The first-order valence-electron chi connectivity index (χ1n) is 6.51. The number of nitrogens with one attached hydrogen (secondary N) is 1. The maximum atomic E-state index is 11.9. The van der Waals surface area contributed by atoms with Gasteiger partial charge in [0.05, 0.1) is 0 Å². The highest BCUT2D eigenvalue weighted by molar-refractivity contribution is 6.30. The Morgan fingerprint density at radius 2 is 2.20 bits per heavy atom. The Labute approximate surface area is 121 Å². The number of halogens is 1. The Balaban J connectivity index is 1.74. The second kappa shape index (κ2) is 6.61. The van der Waals surface area contributed by atoms with Crippen LogP contribution in [0.15, 0.2) is 18.2 Å². The number of aliphatic carboxylic acids is 1. The lowest BCUT2D eigenvalue weighted by atomic mass is 10.1. The van der Waals surface area contributed by atoms with Gasteiger partial charge in [0.2, 0.25) is 0 Å². The number of fused-ring (bicyclic) bond motifs is 1. The summed E-state index contributed by atoms with van der Waals surface area (Å²) >= 11 is 5.89. The van der Waals surface area contributed by atoms with Crippen LogP contribution in [0, 0.1) is 0 Å². The van der Waals surface area contributed by atoms with Crippen LogP contribution in [0.5, 0.6) is 5.75 Å². The quantitative estimate of drug-likeness (QED) is 0.788. The summed E-state index contributed by atoms with van der Waals surface area (Å²) in [6.07, 6.45) is 1.31. The van der Waals surface area contributed by atoms with E-state index in [-0.39, 0.29) is 12.3 Å². The molecule has 0 fully saturated rings. The van der Waals surface area contributed by atoms with Crippen molar-refractivity contribution >= 4 is 23.5 Å². The number of amides is 1. The van der Waals surface area contributed by atoms with Crippen molar-refractivity contribution in [1.29, 1.82) is 0 Å². The number of rotatable bonds is 6. The summed E-state index contributed by atoms with van der Waals surface area (Å²) in [7, 11) is 0. The molecule has 1 aliphatic heterocycles. The molecule has 5 nitrogen and oxygen atoms in total. The van der Waals surface area contributed by atoms with Gasteiger partial charge >= 0.3 is 5.97 Å². The SMILES string of the molecule is O=C(O)CCCCNC(=O)C1Cc2cc(Cl)ccc2O1. The van der Waals surface area contributed by atoms with Crippen LogP contribution in [-0.4, -0.2) is 29.6 Å². The van der Waals surface area contributed by atoms with Gasteiger partial charge in [-0.25, -0.2) is 0 Å². The summed E-state index contributed by atoms with van der Waals surface area (Å²) in [4.78, 5) is 22.3. The average Bonchev–Trinajstić information content (AvgIpc) is 2.80. The van der Waals surface area contributed by atoms with Gasteiger partial charge in [0, 0.05) is 24.4 Å². The van der Waals surface area contributed by atoms with Crippen molar-refractivity contribution in [1.82, 2.24) is 5.32 Å². The van der Waals surface area contributed by atoms with E-state index in [0.717, 1.165) is 5.56 Å². The van der Waals surface area contributed by atoms with Crippen molar-refractivity contribution < 1.29 is 19.4 Å². The van der Waals surface area contributed by atoms with Crippen LogP contribution in [0.25, 0.3) is 0 Å². The predicted octanol–water partition coefficient (Wildman–Crippen LogP) is 2.01. The zero-order valence-electron chi connectivity index (χ0n) is 10.9. The third-order valence-corrected chi connectivity index (χ3v) is 3.34. The zero-order chi connectivity index (χ0) is 14.5.